The first kappa shape index (κ1) is 21.9. The number of benzene rings is 1. The molecule has 1 aromatic heterocycles. The third-order valence-corrected chi connectivity index (χ3v) is 6.84. The lowest BCUT2D eigenvalue weighted by Crippen LogP contribution is -2.35. The van der Waals surface area contributed by atoms with Gasteiger partial charge in [-0.2, -0.15) is 0 Å². The summed E-state index contributed by atoms with van der Waals surface area (Å²) in [4.78, 5) is 18.5. The van der Waals surface area contributed by atoms with Crippen LogP contribution < -0.4 is 0 Å². The lowest BCUT2D eigenvalue weighted by Gasteiger charge is -2.26. The van der Waals surface area contributed by atoms with Crippen molar-refractivity contribution in [3.63, 3.8) is 0 Å². The standard InChI is InChI=1S/C26H33FN2O2/c27-26(17-18-29(19-26)24(25(30)31)21-10-3-1-4-11-21)16-8-2-5-12-22-15-14-20-9-6-7-13-23(20)28-22/h1,3-4,10-11,14-15,24H,2,5-9,12-13,16-19H2,(H,30,31)/t24-,26+/m1/s1. The van der Waals surface area contributed by atoms with Gasteiger partial charge < -0.3 is 5.11 Å². The molecular weight excluding hydrogens is 391 g/mol. The molecule has 1 aliphatic heterocycles. The Morgan fingerprint density at radius 1 is 1.10 bits per heavy atom. The van der Waals surface area contributed by atoms with E-state index in [1.807, 2.05) is 30.3 Å². The molecule has 0 bridgehead atoms. The second-order valence-corrected chi connectivity index (χ2v) is 9.20. The Morgan fingerprint density at radius 3 is 2.71 bits per heavy atom. The average Bonchev–Trinajstić information content (AvgIpc) is 3.15. The van der Waals surface area contributed by atoms with E-state index in [1.165, 1.54) is 24.1 Å². The molecule has 0 radical (unpaired) electrons. The summed E-state index contributed by atoms with van der Waals surface area (Å²) < 4.78 is 15.4. The van der Waals surface area contributed by atoms with Crippen LogP contribution in [0.1, 0.15) is 73.5 Å². The number of likely N-dealkylation sites (tertiary alicyclic amines) is 1. The molecule has 0 saturated carbocycles. The minimum Gasteiger partial charge on any atom is -0.480 e. The molecule has 1 aromatic carbocycles. The molecule has 2 aromatic rings. The first-order chi connectivity index (χ1) is 15.0. The lowest BCUT2D eigenvalue weighted by molar-refractivity contribution is -0.143. The second-order valence-electron chi connectivity index (χ2n) is 9.20. The maximum atomic E-state index is 15.4. The van der Waals surface area contributed by atoms with Gasteiger partial charge in [-0.1, -0.05) is 49.2 Å². The number of carboxylic acid groups (broad SMARTS) is 1. The molecule has 0 spiro atoms. The van der Waals surface area contributed by atoms with Gasteiger partial charge in [0.25, 0.3) is 0 Å². The Kier molecular flexibility index (Phi) is 7.01. The normalized spacial score (nSPS) is 22.2. The fourth-order valence-corrected chi connectivity index (χ4v) is 5.13. The summed E-state index contributed by atoms with van der Waals surface area (Å²) >= 11 is 0. The predicted molar refractivity (Wildman–Crippen MR) is 120 cm³/mol. The quantitative estimate of drug-likeness (QED) is 0.555. The van der Waals surface area contributed by atoms with Crippen molar-refractivity contribution in [1.29, 1.82) is 0 Å². The number of pyridine rings is 1. The lowest BCUT2D eigenvalue weighted by atomic mass is 9.95. The zero-order valence-electron chi connectivity index (χ0n) is 18.2. The number of unbranched alkanes of at least 4 members (excludes halogenated alkanes) is 2. The number of aromatic nitrogens is 1. The van der Waals surface area contributed by atoms with E-state index in [4.69, 9.17) is 4.98 Å². The van der Waals surface area contributed by atoms with Crippen LogP contribution >= 0.6 is 0 Å². The Bertz CT molecular complexity index is 888. The van der Waals surface area contributed by atoms with E-state index in [1.54, 1.807) is 4.90 Å². The summed E-state index contributed by atoms with van der Waals surface area (Å²) in [6.07, 6.45) is 9.47. The zero-order chi connectivity index (χ0) is 21.7. The maximum Gasteiger partial charge on any atom is 0.325 e. The molecule has 5 heteroatoms. The van der Waals surface area contributed by atoms with Crippen molar-refractivity contribution < 1.29 is 14.3 Å². The fourth-order valence-electron chi connectivity index (χ4n) is 5.13. The van der Waals surface area contributed by atoms with Crippen molar-refractivity contribution in [2.75, 3.05) is 13.1 Å². The molecule has 1 N–H and O–H groups in total. The Labute approximate surface area is 184 Å². The van der Waals surface area contributed by atoms with Gasteiger partial charge in [0.15, 0.2) is 0 Å². The summed E-state index contributed by atoms with van der Waals surface area (Å²) in [7, 11) is 0. The highest BCUT2D eigenvalue weighted by Gasteiger charge is 2.42. The molecule has 31 heavy (non-hydrogen) atoms. The van der Waals surface area contributed by atoms with Gasteiger partial charge in [-0.15, -0.1) is 0 Å². The van der Waals surface area contributed by atoms with Crippen LogP contribution in [-0.2, 0) is 24.1 Å². The van der Waals surface area contributed by atoms with E-state index in [0.717, 1.165) is 49.8 Å². The van der Waals surface area contributed by atoms with Crippen LogP contribution in [0.15, 0.2) is 42.5 Å². The molecule has 4 nitrogen and oxygen atoms in total. The second kappa shape index (κ2) is 9.90. The molecule has 1 saturated heterocycles. The molecule has 1 aliphatic carbocycles. The molecule has 2 atom stereocenters. The van der Waals surface area contributed by atoms with Gasteiger partial charge in [0, 0.05) is 24.5 Å². The first-order valence-electron chi connectivity index (χ1n) is 11.7. The van der Waals surface area contributed by atoms with E-state index in [-0.39, 0.29) is 6.54 Å². The Hall–Kier alpha value is -2.27. The number of hydrogen-bond donors (Lipinski definition) is 1. The number of aliphatic carboxylic acids is 1. The molecule has 4 rings (SSSR count). The summed E-state index contributed by atoms with van der Waals surface area (Å²) in [5.74, 6) is -0.909. The van der Waals surface area contributed by atoms with E-state index in [0.29, 0.717) is 19.4 Å². The average molecular weight is 425 g/mol. The van der Waals surface area contributed by atoms with Crippen LogP contribution in [0.3, 0.4) is 0 Å². The van der Waals surface area contributed by atoms with Gasteiger partial charge in [0.05, 0.1) is 0 Å². The molecule has 1 fully saturated rings. The minimum atomic E-state index is -1.29. The number of halogens is 1. The topological polar surface area (TPSA) is 53.4 Å². The van der Waals surface area contributed by atoms with Crippen molar-refractivity contribution in [2.45, 2.75) is 75.9 Å². The molecule has 0 unspecified atom stereocenters. The monoisotopic (exact) mass is 424 g/mol. The van der Waals surface area contributed by atoms with Crippen LogP contribution in [-0.4, -0.2) is 39.7 Å². The highest BCUT2D eigenvalue weighted by Crippen LogP contribution is 2.36. The largest absolute Gasteiger partial charge is 0.480 e. The van der Waals surface area contributed by atoms with Crippen LogP contribution in [0.5, 0.6) is 0 Å². The predicted octanol–water partition coefficient (Wildman–Crippen LogP) is 5.30. The summed E-state index contributed by atoms with van der Waals surface area (Å²) in [6, 6.07) is 12.8. The number of carbonyl (C=O) groups is 1. The zero-order valence-corrected chi connectivity index (χ0v) is 18.2. The van der Waals surface area contributed by atoms with Gasteiger partial charge in [0.2, 0.25) is 0 Å². The number of alkyl halides is 1. The highest BCUT2D eigenvalue weighted by molar-refractivity contribution is 5.75. The number of carboxylic acids is 1. The van der Waals surface area contributed by atoms with Crippen molar-refractivity contribution >= 4 is 5.97 Å². The Morgan fingerprint density at radius 2 is 1.90 bits per heavy atom. The van der Waals surface area contributed by atoms with Crippen molar-refractivity contribution in [2.24, 2.45) is 0 Å². The van der Waals surface area contributed by atoms with E-state index < -0.39 is 17.7 Å². The molecule has 0 amide bonds. The van der Waals surface area contributed by atoms with Gasteiger partial charge in [-0.3, -0.25) is 14.7 Å². The first-order valence-corrected chi connectivity index (χ1v) is 11.7. The molecule has 2 aliphatic rings. The van der Waals surface area contributed by atoms with Crippen LogP contribution in [0.2, 0.25) is 0 Å². The summed E-state index contributed by atoms with van der Waals surface area (Å²) in [5, 5.41) is 9.72. The Balaban J connectivity index is 1.23. The van der Waals surface area contributed by atoms with E-state index >= 15 is 4.39 Å². The van der Waals surface area contributed by atoms with E-state index in [2.05, 4.69) is 12.1 Å². The van der Waals surface area contributed by atoms with Gasteiger partial charge in [-0.25, -0.2) is 4.39 Å². The fraction of sp³-hybridized carbons (Fsp3) is 0.538. The van der Waals surface area contributed by atoms with Gasteiger partial charge in [0.1, 0.15) is 11.7 Å². The number of nitrogens with zero attached hydrogens (tertiary/aromatic N) is 2. The number of aryl methyl sites for hydroxylation is 3. The smallest absolute Gasteiger partial charge is 0.325 e. The van der Waals surface area contributed by atoms with Gasteiger partial charge in [-0.05, 0) is 68.6 Å². The molecule has 2 heterocycles. The van der Waals surface area contributed by atoms with Crippen LogP contribution in [0, 0.1) is 0 Å². The molecule has 166 valence electrons. The summed E-state index contributed by atoms with van der Waals surface area (Å²) in [5.41, 5.74) is 3.29. The maximum absolute atomic E-state index is 15.4. The molecular formula is C26H33FN2O2. The van der Waals surface area contributed by atoms with Crippen molar-refractivity contribution in [1.82, 2.24) is 9.88 Å². The third-order valence-electron chi connectivity index (χ3n) is 6.84. The van der Waals surface area contributed by atoms with Gasteiger partial charge >= 0.3 is 5.97 Å². The van der Waals surface area contributed by atoms with Crippen molar-refractivity contribution in [3.05, 3.63) is 65.0 Å². The number of hydrogen-bond acceptors (Lipinski definition) is 3. The number of fused-ring (bicyclic) bond motifs is 1. The number of rotatable bonds is 9. The summed E-state index contributed by atoms with van der Waals surface area (Å²) in [6.45, 7) is 0.687. The third kappa shape index (κ3) is 5.51. The minimum absolute atomic E-state index is 0.200. The SMILES string of the molecule is O=C(O)[C@@H](c1ccccc1)N1CC[C@@](F)(CCCCCc2ccc3c(n2)CCCC3)C1. The van der Waals surface area contributed by atoms with Crippen molar-refractivity contribution in [3.8, 4) is 0 Å². The van der Waals surface area contributed by atoms with Crippen LogP contribution in [0.4, 0.5) is 4.39 Å². The highest BCUT2D eigenvalue weighted by atomic mass is 19.1. The van der Waals surface area contributed by atoms with Crippen LogP contribution in [0.25, 0.3) is 0 Å². The van der Waals surface area contributed by atoms with E-state index in [9.17, 15) is 9.90 Å².